The molecular formula is C27H25F2N7O6. The first-order valence-corrected chi connectivity index (χ1v) is 12.1. The van der Waals surface area contributed by atoms with Gasteiger partial charge in [-0.15, -0.1) is 5.10 Å². The summed E-state index contributed by atoms with van der Waals surface area (Å²) in [6.07, 6.45) is 3.57. The second-order valence-corrected chi connectivity index (χ2v) is 8.52. The molecule has 42 heavy (non-hydrogen) atoms. The van der Waals surface area contributed by atoms with Crippen molar-refractivity contribution in [3.8, 4) is 28.4 Å². The number of rotatable bonds is 8. The van der Waals surface area contributed by atoms with E-state index in [-0.39, 0.29) is 23.2 Å². The number of fused-ring (bicyclic) bond motifs is 1. The van der Waals surface area contributed by atoms with Crippen LogP contribution < -0.4 is 14.8 Å². The van der Waals surface area contributed by atoms with Crippen molar-refractivity contribution in [3.05, 3.63) is 72.4 Å². The summed E-state index contributed by atoms with van der Waals surface area (Å²) in [5, 5.41) is 15.0. The molecule has 0 saturated carbocycles. The molecule has 0 unspecified atom stereocenters. The molecule has 3 aromatic heterocycles. The van der Waals surface area contributed by atoms with Gasteiger partial charge in [0.1, 0.15) is 11.5 Å². The molecular weight excluding hydrogens is 556 g/mol. The van der Waals surface area contributed by atoms with Crippen molar-refractivity contribution in [3.63, 3.8) is 0 Å². The maximum absolute atomic E-state index is 12.8. The summed E-state index contributed by atoms with van der Waals surface area (Å²) < 4.78 is 43.6. The van der Waals surface area contributed by atoms with Crippen LogP contribution in [0.25, 0.3) is 22.7 Å². The molecule has 0 aliphatic carbocycles. The van der Waals surface area contributed by atoms with E-state index in [0.717, 1.165) is 18.3 Å². The number of carboxylic acid groups (broad SMARTS) is 1. The Balaban J connectivity index is 0.000000952. The van der Waals surface area contributed by atoms with E-state index in [1.807, 2.05) is 29.8 Å². The number of carbonyl (C=O) groups excluding carboxylic acids is 1. The largest absolute Gasteiger partial charge is 0.494 e. The van der Waals surface area contributed by atoms with Crippen molar-refractivity contribution in [2.75, 3.05) is 19.5 Å². The highest BCUT2D eigenvalue weighted by atomic mass is 19.3. The van der Waals surface area contributed by atoms with Crippen LogP contribution in [0.2, 0.25) is 0 Å². The van der Waals surface area contributed by atoms with Crippen LogP contribution in [0.3, 0.4) is 0 Å². The van der Waals surface area contributed by atoms with Crippen molar-refractivity contribution in [1.29, 1.82) is 0 Å². The molecule has 0 radical (unpaired) electrons. The molecule has 15 heteroatoms. The predicted octanol–water partition coefficient (Wildman–Crippen LogP) is 4.52. The number of hydrogen-bond donors (Lipinski definition) is 2. The van der Waals surface area contributed by atoms with E-state index in [9.17, 15) is 13.6 Å². The number of methoxy groups -OCH3 is 2. The fourth-order valence-corrected chi connectivity index (χ4v) is 3.82. The molecule has 0 spiro atoms. The smallest absolute Gasteiger partial charge is 0.387 e. The van der Waals surface area contributed by atoms with E-state index in [1.165, 1.54) is 29.8 Å². The molecule has 0 amide bonds. The summed E-state index contributed by atoms with van der Waals surface area (Å²) in [5.74, 6) is -0.738. The minimum absolute atomic E-state index is 0.0317. The van der Waals surface area contributed by atoms with E-state index in [2.05, 4.69) is 30.1 Å². The van der Waals surface area contributed by atoms with E-state index in [4.69, 9.17) is 19.4 Å². The van der Waals surface area contributed by atoms with Crippen LogP contribution >= 0.6 is 0 Å². The van der Waals surface area contributed by atoms with Crippen LogP contribution in [0, 0.1) is 6.92 Å². The molecule has 2 aromatic carbocycles. The van der Waals surface area contributed by atoms with E-state index >= 15 is 0 Å². The van der Waals surface area contributed by atoms with Crippen molar-refractivity contribution in [1.82, 2.24) is 29.1 Å². The van der Waals surface area contributed by atoms with Gasteiger partial charge >= 0.3 is 12.6 Å². The first kappa shape index (κ1) is 29.4. The molecule has 0 aliphatic rings. The molecule has 0 fully saturated rings. The topological polar surface area (TPSA) is 155 Å². The molecule has 0 atom stereocenters. The number of benzene rings is 2. The zero-order valence-corrected chi connectivity index (χ0v) is 22.8. The number of halogens is 2. The Labute approximate surface area is 237 Å². The van der Waals surface area contributed by atoms with Gasteiger partial charge in [0.05, 0.1) is 37.6 Å². The van der Waals surface area contributed by atoms with Gasteiger partial charge < -0.3 is 29.2 Å². The van der Waals surface area contributed by atoms with E-state index in [1.54, 1.807) is 31.6 Å². The number of aliphatic carboxylic acids is 1. The van der Waals surface area contributed by atoms with E-state index in [0.29, 0.717) is 22.7 Å². The van der Waals surface area contributed by atoms with Gasteiger partial charge in [-0.2, -0.15) is 18.3 Å². The maximum atomic E-state index is 12.8. The summed E-state index contributed by atoms with van der Waals surface area (Å²) in [4.78, 5) is 34.2. The van der Waals surface area contributed by atoms with Crippen LogP contribution in [0.4, 0.5) is 20.4 Å². The second-order valence-electron chi connectivity index (χ2n) is 8.52. The standard InChI is InChI=1S/C25H21F2N7O4.C2H4O2/c1-14-12-33(13-28-14)19-8-7-16(10-21(19)36-2)29-24-31-25-30-18(22(35)37-3)11-20(34(25)32-24)15-5-4-6-17(9-15)38-23(26)27;1-2(3)4/h4-13,23H,1-3H3,(H,29,32);1H3,(H,3,4). The third-order valence-corrected chi connectivity index (χ3v) is 5.49. The second kappa shape index (κ2) is 12.7. The first-order chi connectivity index (χ1) is 20.1. The third-order valence-electron chi connectivity index (χ3n) is 5.49. The van der Waals surface area contributed by atoms with Gasteiger partial charge in [-0.3, -0.25) is 4.79 Å². The Bertz CT molecular complexity index is 1730. The summed E-state index contributed by atoms with van der Waals surface area (Å²) in [5.41, 5.74) is 3.05. The lowest BCUT2D eigenvalue weighted by Crippen LogP contribution is -2.08. The number of aryl methyl sites for hydroxylation is 1. The molecule has 5 rings (SSSR count). The van der Waals surface area contributed by atoms with Gasteiger partial charge in [0.2, 0.25) is 5.95 Å². The fourth-order valence-electron chi connectivity index (χ4n) is 3.82. The molecule has 218 valence electrons. The lowest BCUT2D eigenvalue weighted by molar-refractivity contribution is -0.134. The minimum Gasteiger partial charge on any atom is -0.494 e. The highest BCUT2D eigenvalue weighted by Gasteiger charge is 2.18. The first-order valence-electron chi connectivity index (χ1n) is 12.1. The number of carbonyl (C=O) groups is 2. The molecule has 3 heterocycles. The highest BCUT2D eigenvalue weighted by Crippen LogP contribution is 2.29. The van der Waals surface area contributed by atoms with Crippen LogP contribution in [0.1, 0.15) is 23.1 Å². The number of nitrogens with one attached hydrogen (secondary N) is 1. The number of ether oxygens (including phenoxy) is 3. The van der Waals surface area contributed by atoms with Gasteiger partial charge in [-0.1, -0.05) is 12.1 Å². The summed E-state index contributed by atoms with van der Waals surface area (Å²) in [6.45, 7) is -0.0130. The van der Waals surface area contributed by atoms with Gasteiger partial charge in [0.15, 0.2) is 5.69 Å². The lowest BCUT2D eigenvalue weighted by Gasteiger charge is -2.11. The van der Waals surface area contributed by atoms with Crippen LogP contribution in [0.15, 0.2) is 61.1 Å². The van der Waals surface area contributed by atoms with Crippen LogP contribution in [0.5, 0.6) is 11.5 Å². The lowest BCUT2D eigenvalue weighted by atomic mass is 10.1. The summed E-state index contributed by atoms with van der Waals surface area (Å²) in [6, 6.07) is 12.9. The highest BCUT2D eigenvalue weighted by molar-refractivity contribution is 5.89. The Kier molecular flexibility index (Phi) is 8.90. The van der Waals surface area contributed by atoms with Crippen molar-refractivity contribution < 1.29 is 37.7 Å². The fraction of sp³-hybridized carbons (Fsp3) is 0.185. The number of esters is 1. The molecule has 13 nitrogen and oxygen atoms in total. The SMILES string of the molecule is CC(=O)O.COC(=O)c1cc(-c2cccc(OC(F)F)c2)n2nc(Nc3ccc(-n4cnc(C)c4)c(OC)c3)nc2n1. The zero-order chi connectivity index (χ0) is 30.4. The minimum atomic E-state index is -2.99. The van der Waals surface area contributed by atoms with E-state index < -0.39 is 18.6 Å². The number of anilines is 2. The Morgan fingerprint density at radius 2 is 1.83 bits per heavy atom. The van der Waals surface area contributed by atoms with Gasteiger partial charge in [0, 0.05) is 30.4 Å². The Morgan fingerprint density at radius 3 is 2.48 bits per heavy atom. The Morgan fingerprint density at radius 1 is 1.07 bits per heavy atom. The average Bonchev–Trinajstić information content (AvgIpc) is 3.56. The Hall–Kier alpha value is -5.60. The molecule has 5 aromatic rings. The monoisotopic (exact) mass is 581 g/mol. The number of aromatic nitrogens is 6. The van der Waals surface area contributed by atoms with Crippen LogP contribution in [-0.4, -0.2) is 67.0 Å². The number of carboxylic acids is 1. The average molecular weight is 582 g/mol. The van der Waals surface area contributed by atoms with Gasteiger partial charge in [0.25, 0.3) is 11.7 Å². The predicted molar refractivity (Wildman–Crippen MR) is 146 cm³/mol. The van der Waals surface area contributed by atoms with Crippen molar-refractivity contribution >= 4 is 29.4 Å². The summed E-state index contributed by atoms with van der Waals surface area (Å²) in [7, 11) is 2.79. The quantitative estimate of drug-likeness (QED) is 0.249. The van der Waals surface area contributed by atoms with Crippen molar-refractivity contribution in [2.24, 2.45) is 0 Å². The molecule has 0 aliphatic heterocycles. The normalized spacial score (nSPS) is 10.6. The van der Waals surface area contributed by atoms with Crippen molar-refractivity contribution in [2.45, 2.75) is 20.5 Å². The molecule has 0 bridgehead atoms. The maximum Gasteiger partial charge on any atom is 0.387 e. The third kappa shape index (κ3) is 6.93. The molecule has 0 saturated heterocycles. The van der Waals surface area contributed by atoms with Crippen LogP contribution in [-0.2, 0) is 9.53 Å². The summed E-state index contributed by atoms with van der Waals surface area (Å²) >= 11 is 0. The van der Waals surface area contributed by atoms with Gasteiger partial charge in [-0.05, 0) is 37.3 Å². The zero-order valence-electron chi connectivity index (χ0n) is 22.8. The molecule has 2 N–H and O–H groups in total. The number of nitrogens with zero attached hydrogens (tertiary/aromatic N) is 6. The number of hydrogen-bond acceptors (Lipinski definition) is 10. The number of alkyl halides is 2. The van der Waals surface area contributed by atoms with Gasteiger partial charge in [-0.25, -0.2) is 14.8 Å². The number of imidazole rings is 1.